The molecule has 1 aromatic heterocycles. The second kappa shape index (κ2) is 4.17. The molecular formula is C12H15N3. The van der Waals surface area contributed by atoms with Gasteiger partial charge in [-0.2, -0.15) is 5.10 Å². The second-order valence-corrected chi connectivity index (χ2v) is 3.64. The Bertz CT molecular complexity index is 431. The minimum absolute atomic E-state index is 0.767. The van der Waals surface area contributed by atoms with E-state index in [0.29, 0.717) is 0 Å². The number of nitrogens with zero attached hydrogens (tertiary/aromatic N) is 2. The van der Waals surface area contributed by atoms with E-state index >= 15 is 0 Å². The van der Waals surface area contributed by atoms with E-state index in [4.69, 9.17) is 5.73 Å². The highest BCUT2D eigenvalue weighted by atomic mass is 15.3. The minimum Gasteiger partial charge on any atom is -0.396 e. The first-order valence-corrected chi connectivity index (χ1v) is 5.09. The summed E-state index contributed by atoms with van der Waals surface area (Å²) in [5.41, 5.74) is 8.87. The van der Waals surface area contributed by atoms with Crippen LogP contribution in [0.3, 0.4) is 0 Å². The highest BCUT2D eigenvalue weighted by Crippen LogP contribution is 2.09. The Morgan fingerprint density at radius 1 is 1.27 bits per heavy atom. The molecule has 2 N–H and O–H groups in total. The fraction of sp³-hybridized carbons (Fsp3) is 0.250. The maximum atomic E-state index is 5.73. The number of nitrogen functional groups attached to an aromatic ring is 1. The molecule has 3 nitrogen and oxygen atoms in total. The highest BCUT2D eigenvalue weighted by molar-refractivity contribution is 5.39. The second-order valence-electron chi connectivity index (χ2n) is 3.64. The molecule has 0 spiro atoms. The van der Waals surface area contributed by atoms with Gasteiger partial charge >= 0.3 is 0 Å². The molecule has 15 heavy (non-hydrogen) atoms. The summed E-state index contributed by atoms with van der Waals surface area (Å²) in [6.45, 7) is 2.88. The van der Waals surface area contributed by atoms with E-state index in [1.807, 2.05) is 17.7 Å². The molecule has 2 rings (SSSR count). The number of anilines is 1. The van der Waals surface area contributed by atoms with Gasteiger partial charge in [0.2, 0.25) is 0 Å². The van der Waals surface area contributed by atoms with Crippen LogP contribution in [0.5, 0.6) is 0 Å². The molecule has 2 aromatic rings. The number of benzene rings is 1. The molecule has 0 radical (unpaired) electrons. The maximum absolute atomic E-state index is 5.73. The monoisotopic (exact) mass is 201 g/mol. The van der Waals surface area contributed by atoms with Crippen molar-refractivity contribution >= 4 is 5.69 Å². The zero-order valence-electron chi connectivity index (χ0n) is 8.85. The van der Waals surface area contributed by atoms with Crippen molar-refractivity contribution in [3.8, 4) is 0 Å². The first kappa shape index (κ1) is 9.77. The summed E-state index contributed by atoms with van der Waals surface area (Å²) in [5.74, 6) is 0. The lowest BCUT2D eigenvalue weighted by Gasteiger charge is -2.04. The summed E-state index contributed by atoms with van der Waals surface area (Å²) in [5, 5.41) is 4.22. The van der Waals surface area contributed by atoms with Crippen molar-refractivity contribution in [3.63, 3.8) is 0 Å². The Kier molecular flexibility index (Phi) is 2.72. The largest absolute Gasteiger partial charge is 0.396 e. The molecule has 1 heterocycles. The van der Waals surface area contributed by atoms with E-state index in [-0.39, 0.29) is 0 Å². The maximum Gasteiger partial charge on any atom is 0.0730 e. The summed E-state index contributed by atoms with van der Waals surface area (Å²) >= 11 is 0. The zero-order valence-corrected chi connectivity index (χ0v) is 8.85. The van der Waals surface area contributed by atoms with E-state index in [9.17, 15) is 0 Å². The van der Waals surface area contributed by atoms with Gasteiger partial charge in [0.15, 0.2) is 0 Å². The number of nitrogens with two attached hydrogens (primary N) is 1. The van der Waals surface area contributed by atoms with E-state index < -0.39 is 0 Å². The normalized spacial score (nSPS) is 10.5. The van der Waals surface area contributed by atoms with Gasteiger partial charge in [-0.3, -0.25) is 4.68 Å². The standard InChI is InChI=1S/C12H15N3/c1-10-12(13)9-14-15(10)8-7-11-5-3-2-4-6-11/h2-6,9H,7-8,13H2,1H3. The number of hydrogen-bond donors (Lipinski definition) is 1. The highest BCUT2D eigenvalue weighted by Gasteiger charge is 2.02. The SMILES string of the molecule is Cc1c(N)cnn1CCc1ccccc1. The van der Waals surface area contributed by atoms with Gasteiger partial charge < -0.3 is 5.73 Å². The first-order valence-electron chi connectivity index (χ1n) is 5.09. The number of aromatic nitrogens is 2. The third-order valence-corrected chi connectivity index (χ3v) is 2.60. The number of hydrogen-bond acceptors (Lipinski definition) is 2. The molecule has 0 aliphatic carbocycles. The Morgan fingerprint density at radius 3 is 2.60 bits per heavy atom. The quantitative estimate of drug-likeness (QED) is 0.825. The molecule has 0 aliphatic rings. The van der Waals surface area contributed by atoms with Gasteiger partial charge in [-0.1, -0.05) is 30.3 Å². The average Bonchev–Trinajstić information content (AvgIpc) is 2.59. The molecule has 0 amide bonds. The third-order valence-electron chi connectivity index (χ3n) is 2.60. The van der Waals surface area contributed by atoms with E-state index in [1.54, 1.807) is 6.20 Å². The van der Waals surface area contributed by atoms with Crippen LogP contribution < -0.4 is 5.73 Å². The average molecular weight is 201 g/mol. The van der Waals surface area contributed by atoms with Gasteiger partial charge in [-0.05, 0) is 18.9 Å². The molecule has 0 fully saturated rings. The summed E-state index contributed by atoms with van der Waals surface area (Å²) in [7, 11) is 0. The molecule has 0 bridgehead atoms. The summed E-state index contributed by atoms with van der Waals surface area (Å²) in [4.78, 5) is 0. The summed E-state index contributed by atoms with van der Waals surface area (Å²) < 4.78 is 1.95. The van der Waals surface area contributed by atoms with E-state index in [1.165, 1.54) is 5.56 Å². The Hall–Kier alpha value is -1.77. The lowest BCUT2D eigenvalue weighted by molar-refractivity contribution is 0.599. The smallest absolute Gasteiger partial charge is 0.0730 e. The first-order chi connectivity index (χ1) is 7.27. The van der Waals surface area contributed by atoms with Gasteiger partial charge in [0.25, 0.3) is 0 Å². The van der Waals surface area contributed by atoms with Crippen LogP contribution in [0.15, 0.2) is 36.5 Å². The van der Waals surface area contributed by atoms with Crippen molar-refractivity contribution in [2.24, 2.45) is 0 Å². The molecule has 78 valence electrons. The molecule has 1 aromatic carbocycles. The Balaban J connectivity index is 2.02. The van der Waals surface area contributed by atoms with Crippen LogP contribution >= 0.6 is 0 Å². The molecule has 3 heteroatoms. The van der Waals surface area contributed by atoms with Crippen LogP contribution in [0.4, 0.5) is 5.69 Å². The molecule has 0 saturated heterocycles. The van der Waals surface area contributed by atoms with Gasteiger partial charge in [0.05, 0.1) is 17.6 Å². The zero-order chi connectivity index (χ0) is 10.7. The van der Waals surface area contributed by atoms with Crippen molar-refractivity contribution in [3.05, 3.63) is 47.8 Å². The lowest BCUT2D eigenvalue weighted by Crippen LogP contribution is -2.05. The summed E-state index contributed by atoms with van der Waals surface area (Å²) in [6, 6.07) is 10.4. The third kappa shape index (κ3) is 2.18. The number of rotatable bonds is 3. The predicted molar refractivity (Wildman–Crippen MR) is 61.5 cm³/mol. The van der Waals surface area contributed by atoms with Crippen molar-refractivity contribution in [2.45, 2.75) is 19.9 Å². The van der Waals surface area contributed by atoms with Crippen LogP contribution in [-0.4, -0.2) is 9.78 Å². The Labute approximate surface area is 89.5 Å². The van der Waals surface area contributed by atoms with Crippen molar-refractivity contribution < 1.29 is 0 Å². The van der Waals surface area contributed by atoms with Crippen LogP contribution in [-0.2, 0) is 13.0 Å². The molecule has 0 atom stereocenters. The van der Waals surface area contributed by atoms with Gasteiger partial charge in [0.1, 0.15) is 0 Å². The molecule has 0 saturated carbocycles. The topological polar surface area (TPSA) is 43.8 Å². The van der Waals surface area contributed by atoms with Crippen LogP contribution in [0, 0.1) is 6.92 Å². The van der Waals surface area contributed by atoms with E-state index in [2.05, 4.69) is 29.4 Å². The van der Waals surface area contributed by atoms with Crippen molar-refractivity contribution in [1.82, 2.24) is 9.78 Å². The molecule has 0 unspecified atom stereocenters. The van der Waals surface area contributed by atoms with Crippen molar-refractivity contribution in [2.75, 3.05) is 5.73 Å². The molecular weight excluding hydrogens is 186 g/mol. The van der Waals surface area contributed by atoms with Crippen LogP contribution in [0.1, 0.15) is 11.3 Å². The van der Waals surface area contributed by atoms with Crippen LogP contribution in [0.25, 0.3) is 0 Å². The summed E-state index contributed by atoms with van der Waals surface area (Å²) in [6.07, 6.45) is 2.70. The lowest BCUT2D eigenvalue weighted by atomic mass is 10.1. The van der Waals surface area contributed by atoms with Gasteiger partial charge in [0, 0.05) is 6.54 Å². The predicted octanol–water partition coefficient (Wildman–Crippen LogP) is 2.02. The van der Waals surface area contributed by atoms with Gasteiger partial charge in [-0.15, -0.1) is 0 Å². The number of aryl methyl sites for hydroxylation is 2. The fourth-order valence-electron chi connectivity index (χ4n) is 1.57. The van der Waals surface area contributed by atoms with Crippen molar-refractivity contribution in [1.29, 1.82) is 0 Å². The van der Waals surface area contributed by atoms with Gasteiger partial charge in [-0.25, -0.2) is 0 Å². The fourth-order valence-corrected chi connectivity index (χ4v) is 1.57. The minimum atomic E-state index is 0.767. The van der Waals surface area contributed by atoms with Crippen LogP contribution in [0.2, 0.25) is 0 Å². The van der Waals surface area contributed by atoms with E-state index in [0.717, 1.165) is 24.3 Å². The Morgan fingerprint density at radius 2 is 2.00 bits per heavy atom. The molecule has 0 aliphatic heterocycles.